The predicted molar refractivity (Wildman–Crippen MR) is 329 cm³/mol. The molecule has 15 rings (SSSR count). The van der Waals surface area contributed by atoms with Crippen molar-refractivity contribution in [1.29, 1.82) is 0 Å². The summed E-state index contributed by atoms with van der Waals surface area (Å²) in [4.78, 5) is 4.85. The summed E-state index contributed by atoms with van der Waals surface area (Å²) in [6.07, 6.45) is 1.96. The lowest BCUT2D eigenvalue weighted by Gasteiger charge is -2.34. The first-order valence-electron chi connectivity index (χ1n) is 27.6. The molecular weight excluding hydrogens is 953 g/mol. The fourth-order valence-electron chi connectivity index (χ4n) is 12.8. The molecule has 0 fully saturated rings. The van der Waals surface area contributed by atoms with Gasteiger partial charge in [-0.25, -0.2) is 0 Å². The molecule has 1 aliphatic rings. The van der Waals surface area contributed by atoms with E-state index >= 15 is 0 Å². The van der Waals surface area contributed by atoms with Crippen LogP contribution < -0.4 is 9.80 Å². The van der Waals surface area contributed by atoms with Gasteiger partial charge >= 0.3 is 0 Å². The van der Waals surface area contributed by atoms with E-state index in [0.717, 1.165) is 113 Å². The molecule has 3 heterocycles. The highest BCUT2D eigenvalue weighted by atomic mass is 16.3. The molecule has 0 spiro atoms. The standard InChI is InChI=1S/C73H60N2O3/c1-71(2,3)49-19-26-63-57(38-49)59-40-53(23-28-65(59)76-63)74(51-21-17-43-13-9-11-15-45(43)33-51)54-25-30-67-61(42-54)62-37-48-36-56(35-47-31-32-73(7,8)69(68(47)48)70(62)78-67)75(52-22-18-44-14-10-12-16-46(44)34-52)55-24-29-66-60(41-55)58-39-50(72(4,5)6)20-27-64(58)77-66/h9-30,33-42H,31-32H2,1-8H3. The van der Waals surface area contributed by atoms with Gasteiger partial charge < -0.3 is 23.1 Å². The first kappa shape index (κ1) is 46.5. The van der Waals surface area contributed by atoms with Crippen molar-refractivity contribution in [2.24, 2.45) is 0 Å². The Morgan fingerprint density at radius 3 is 1.26 bits per heavy atom. The lowest BCUT2D eigenvalue weighted by atomic mass is 9.71. The lowest BCUT2D eigenvalue weighted by Crippen LogP contribution is -2.23. The van der Waals surface area contributed by atoms with Gasteiger partial charge in [-0.3, -0.25) is 0 Å². The molecule has 14 aromatic rings. The molecule has 0 amide bonds. The van der Waals surface area contributed by atoms with E-state index in [1.54, 1.807) is 0 Å². The van der Waals surface area contributed by atoms with E-state index in [9.17, 15) is 0 Å². The second-order valence-corrected chi connectivity index (χ2v) is 24.7. The Kier molecular flexibility index (Phi) is 9.90. The fourth-order valence-corrected chi connectivity index (χ4v) is 12.8. The zero-order valence-electron chi connectivity index (χ0n) is 45.5. The zero-order valence-corrected chi connectivity index (χ0v) is 45.5. The Hall–Kier alpha value is -8.80. The quantitative estimate of drug-likeness (QED) is 0.166. The third-order valence-corrected chi connectivity index (χ3v) is 17.1. The second-order valence-electron chi connectivity index (χ2n) is 24.7. The number of nitrogens with zero attached hydrogens (tertiary/aromatic N) is 2. The molecule has 78 heavy (non-hydrogen) atoms. The van der Waals surface area contributed by atoms with Gasteiger partial charge in [-0.2, -0.15) is 0 Å². The molecule has 0 atom stereocenters. The first-order valence-corrected chi connectivity index (χ1v) is 27.6. The summed E-state index contributed by atoms with van der Waals surface area (Å²) in [6, 6.07) is 71.6. The van der Waals surface area contributed by atoms with Crippen LogP contribution in [0.25, 0.3) is 98.1 Å². The highest BCUT2D eigenvalue weighted by molar-refractivity contribution is 6.16. The maximum absolute atomic E-state index is 7.15. The average molecular weight is 1010 g/mol. The van der Waals surface area contributed by atoms with Crippen molar-refractivity contribution in [2.45, 2.75) is 84.5 Å². The first-order chi connectivity index (χ1) is 37.6. The second kappa shape index (κ2) is 16.6. The number of hydrogen-bond acceptors (Lipinski definition) is 5. The van der Waals surface area contributed by atoms with Gasteiger partial charge in [0.2, 0.25) is 0 Å². The average Bonchev–Trinajstić information content (AvgIpc) is 4.21. The van der Waals surface area contributed by atoms with Crippen LogP contribution in [-0.4, -0.2) is 0 Å². The molecule has 0 saturated heterocycles. The zero-order chi connectivity index (χ0) is 53.0. The summed E-state index contributed by atoms with van der Waals surface area (Å²) in [7, 11) is 0. The third kappa shape index (κ3) is 7.35. The molecular formula is C73H60N2O3. The van der Waals surface area contributed by atoms with Crippen LogP contribution in [0.5, 0.6) is 0 Å². The van der Waals surface area contributed by atoms with Crippen molar-refractivity contribution in [3.05, 3.63) is 216 Å². The van der Waals surface area contributed by atoms with Crippen LogP contribution in [0.4, 0.5) is 34.1 Å². The van der Waals surface area contributed by atoms with Gasteiger partial charge in [0.1, 0.15) is 33.5 Å². The van der Waals surface area contributed by atoms with Gasteiger partial charge in [-0.05, 0) is 199 Å². The highest BCUT2D eigenvalue weighted by Crippen LogP contribution is 2.51. The largest absolute Gasteiger partial charge is 0.456 e. The Morgan fingerprint density at radius 1 is 0.359 bits per heavy atom. The SMILES string of the molecule is CC(C)(C)c1ccc2oc3ccc(N(c4ccc5ccccc5c4)c4cc5c6c(c7oc8ccc(N(c9ccc%10ccccc%10c9)c9ccc%10oc%11ccc(C(C)(C)C)cc%11c%10c9)cc8c7cc6c4)C(C)(C)CC5)cc3c2c1. The smallest absolute Gasteiger partial charge is 0.139 e. The van der Waals surface area contributed by atoms with Crippen LogP contribution in [0.2, 0.25) is 0 Å². The number of anilines is 6. The maximum atomic E-state index is 7.15. The van der Waals surface area contributed by atoms with E-state index in [1.807, 2.05) is 0 Å². The van der Waals surface area contributed by atoms with Crippen LogP contribution in [0.15, 0.2) is 207 Å². The molecule has 0 aliphatic heterocycles. The van der Waals surface area contributed by atoms with Gasteiger partial charge in [0.25, 0.3) is 0 Å². The summed E-state index contributed by atoms with van der Waals surface area (Å²) >= 11 is 0. The summed E-state index contributed by atoms with van der Waals surface area (Å²) < 4.78 is 20.2. The van der Waals surface area contributed by atoms with Gasteiger partial charge in [0.15, 0.2) is 0 Å². The molecule has 0 unspecified atom stereocenters. The molecule has 5 nitrogen and oxygen atoms in total. The summed E-state index contributed by atoms with van der Waals surface area (Å²) in [5, 5.41) is 14.0. The Morgan fingerprint density at radius 2 is 0.756 bits per heavy atom. The van der Waals surface area contributed by atoms with E-state index in [0.29, 0.717) is 0 Å². The highest BCUT2D eigenvalue weighted by Gasteiger charge is 2.34. The lowest BCUT2D eigenvalue weighted by molar-refractivity contribution is 0.471. The predicted octanol–water partition coefficient (Wildman–Crippen LogP) is 21.6. The number of hydrogen-bond donors (Lipinski definition) is 0. The Labute approximate surface area is 453 Å². The monoisotopic (exact) mass is 1010 g/mol. The topological polar surface area (TPSA) is 45.9 Å². The number of benzene rings is 11. The van der Waals surface area contributed by atoms with Gasteiger partial charge in [-0.1, -0.05) is 128 Å². The van der Waals surface area contributed by atoms with Crippen LogP contribution in [0.1, 0.15) is 84.1 Å². The number of aryl methyl sites for hydroxylation is 1. The fraction of sp³-hybridized carbons (Fsp3) is 0.178. The number of rotatable bonds is 6. The minimum absolute atomic E-state index is 0.00139. The van der Waals surface area contributed by atoms with Crippen LogP contribution in [0.3, 0.4) is 0 Å². The maximum Gasteiger partial charge on any atom is 0.139 e. The molecule has 0 radical (unpaired) electrons. The van der Waals surface area contributed by atoms with Gasteiger partial charge in [0, 0.05) is 72.0 Å². The third-order valence-electron chi connectivity index (χ3n) is 17.1. The molecule has 0 N–H and O–H groups in total. The van der Waals surface area contributed by atoms with Crippen LogP contribution in [-0.2, 0) is 22.7 Å². The number of fused-ring (bicyclic) bond motifs is 12. The Bertz CT molecular complexity index is 4820. The van der Waals surface area contributed by atoms with Crippen molar-refractivity contribution in [3.63, 3.8) is 0 Å². The molecule has 5 heteroatoms. The van der Waals surface area contributed by atoms with Crippen molar-refractivity contribution < 1.29 is 13.3 Å². The minimum Gasteiger partial charge on any atom is -0.456 e. The van der Waals surface area contributed by atoms with E-state index in [1.165, 1.54) is 54.6 Å². The van der Waals surface area contributed by atoms with Crippen molar-refractivity contribution in [3.8, 4) is 0 Å². The van der Waals surface area contributed by atoms with E-state index in [4.69, 9.17) is 13.3 Å². The molecule has 3 aromatic heterocycles. The minimum atomic E-state index is -0.132. The normalized spacial score (nSPS) is 13.9. The van der Waals surface area contributed by atoms with Gasteiger partial charge in [0.05, 0.1) is 0 Å². The molecule has 0 bridgehead atoms. The van der Waals surface area contributed by atoms with Crippen molar-refractivity contribution in [1.82, 2.24) is 0 Å². The summed E-state index contributed by atoms with van der Waals surface area (Å²) in [5.74, 6) is 0. The number of furan rings is 3. The van der Waals surface area contributed by atoms with Crippen molar-refractivity contribution in [2.75, 3.05) is 9.80 Å². The van der Waals surface area contributed by atoms with Crippen LogP contribution >= 0.6 is 0 Å². The van der Waals surface area contributed by atoms with Crippen LogP contribution in [0, 0.1) is 0 Å². The molecule has 1 aliphatic carbocycles. The van der Waals surface area contributed by atoms with E-state index < -0.39 is 0 Å². The van der Waals surface area contributed by atoms with Crippen molar-refractivity contribution >= 4 is 132 Å². The van der Waals surface area contributed by atoms with E-state index in [2.05, 4.69) is 259 Å². The summed E-state index contributed by atoms with van der Waals surface area (Å²) in [5.41, 5.74) is 16.9. The molecule has 11 aromatic carbocycles. The van der Waals surface area contributed by atoms with E-state index in [-0.39, 0.29) is 16.2 Å². The Balaban J connectivity index is 0.945. The molecule has 0 saturated carbocycles. The molecule has 380 valence electrons. The summed E-state index contributed by atoms with van der Waals surface area (Å²) in [6.45, 7) is 18.4. The van der Waals surface area contributed by atoms with Gasteiger partial charge in [-0.15, -0.1) is 0 Å².